The molecule has 0 heterocycles. The molecular formula is C18H21NO. The van der Waals surface area contributed by atoms with Crippen molar-refractivity contribution in [1.82, 2.24) is 0 Å². The molecule has 20 heavy (non-hydrogen) atoms. The molecule has 0 aliphatic carbocycles. The normalized spacial score (nSPS) is 11.4. The number of nitrogens with two attached hydrogens (primary N) is 1. The standard InChI is InChI=1S/C18H21NO/c1-2-15(13-19)12-16-8-10-18(11-9-16)20-14-17-6-4-3-5-7-17/h3-12H,2,13-14,19H2,1H3. The van der Waals surface area contributed by atoms with Crippen LogP contribution in [0.25, 0.3) is 6.08 Å². The summed E-state index contributed by atoms with van der Waals surface area (Å²) >= 11 is 0. The van der Waals surface area contributed by atoms with Gasteiger partial charge in [0.1, 0.15) is 12.4 Å². The van der Waals surface area contributed by atoms with E-state index in [0.29, 0.717) is 13.2 Å². The topological polar surface area (TPSA) is 35.2 Å². The van der Waals surface area contributed by atoms with Gasteiger partial charge in [0.05, 0.1) is 0 Å². The summed E-state index contributed by atoms with van der Waals surface area (Å²) in [7, 11) is 0. The molecule has 2 aromatic rings. The second kappa shape index (κ2) is 7.51. The Labute approximate surface area is 120 Å². The Morgan fingerprint density at radius 2 is 1.75 bits per heavy atom. The van der Waals surface area contributed by atoms with Gasteiger partial charge < -0.3 is 10.5 Å². The Bertz CT molecular complexity index is 537. The van der Waals surface area contributed by atoms with Crippen LogP contribution in [0.3, 0.4) is 0 Å². The molecule has 104 valence electrons. The molecule has 0 unspecified atom stereocenters. The van der Waals surface area contributed by atoms with Gasteiger partial charge in [-0.05, 0) is 29.7 Å². The highest BCUT2D eigenvalue weighted by Crippen LogP contribution is 2.16. The van der Waals surface area contributed by atoms with Crippen LogP contribution in [0.5, 0.6) is 5.75 Å². The van der Waals surface area contributed by atoms with Crippen LogP contribution in [0.15, 0.2) is 60.2 Å². The summed E-state index contributed by atoms with van der Waals surface area (Å²) in [5.74, 6) is 0.886. The summed E-state index contributed by atoms with van der Waals surface area (Å²) in [6, 6.07) is 18.3. The largest absolute Gasteiger partial charge is 0.489 e. The van der Waals surface area contributed by atoms with E-state index >= 15 is 0 Å². The molecule has 2 aromatic carbocycles. The molecule has 2 rings (SSSR count). The van der Waals surface area contributed by atoms with E-state index in [0.717, 1.165) is 12.2 Å². The second-order valence-corrected chi connectivity index (χ2v) is 4.70. The molecule has 0 radical (unpaired) electrons. The minimum absolute atomic E-state index is 0.596. The lowest BCUT2D eigenvalue weighted by Gasteiger charge is -2.07. The van der Waals surface area contributed by atoms with Crippen LogP contribution < -0.4 is 10.5 Å². The molecular weight excluding hydrogens is 246 g/mol. The van der Waals surface area contributed by atoms with E-state index in [1.54, 1.807) is 0 Å². The summed E-state index contributed by atoms with van der Waals surface area (Å²) in [4.78, 5) is 0. The van der Waals surface area contributed by atoms with Gasteiger partial charge in [-0.2, -0.15) is 0 Å². The minimum atomic E-state index is 0.596. The molecule has 2 heteroatoms. The first-order valence-electron chi connectivity index (χ1n) is 6.98. The quantitative estimate of drug-likeness (QED) is 0.858. The lowest BCUT2D eigenvalue weighted by atomic mass is 10.1. The molecule has 0 saturated carbocycles. The van der Waals surface area contributed by atoms with Crippen LogP contribution in [-0.4, -0.2) is 6.54 Å². The first-order valence-corrected chi connectivity index (χ1v) is 6.98. The fraction of sp³-hybridized carbons (Fsp3) is 0.222. The maximum atomic E-state index is 5.76. The van der Waals surface area contributed by atoms with Gasteiger partial charge >= 0.3 is 0 Å². The second-order valence-electron chi connectivity index (χ2n) is 4.70. The van der Waals surface area contributed by atoms with Gasteiger partial charge in [0.2, 0.25) is 0 Å². The summed E-state index contributed by atoms with van der Waals surface area (Å²) in [5.41, 5.74) is 9.27. The van der Waals surface area contributed by atoms with E-state index in [1.807, 2.05) is 30.3 Å². The highest BCUT2D eigenvalue weighted by Gasteiger charge is 1.97. The van der Waals surface area contributed by atoms with Crippen molar-refractivity contribution in [2.45, 2.75) is 20.0 Å². The maximum absolute atomic E-state index is 5.76. The molecule has 0 spiro atoms. The van der Waals surface area contributed by atoms with Crippen LogP contribution in [0.4, 0.5) is 0 Å². The molecule has 2 N–H and O–H groups in total. The lowest BCUT2D eigenvalue weighted by Crippen LogP contribution is -2.01. The van der Waals surface area contributed by atoms with Crippen LogP contribution in [0.2, 0.25) is 0 Å². The van der Waals surface area contributed by atoms with Gasteiger partial charge in [-0.15, -0.1) is 0 Å². The minimum Gasteiger partial charge on any atom is -0.489 e. The highest BCUT2D eigenvalue weighted by atomic mass is 16.5. The first kappa shape index (κ1) is 14.4. The summed E-state index contributed by atoms with van der Waals surface area (Å²) in [6.07, 6.45) is 3.13. The Hall–Kier alpha value is -2.06. The highest BCUT2D eigenvalue weighted by molar-refractivity contribution is 5.54. The third kappa shape index (κ3) is 4.25. The molecule has 0 bridgehead atoms. The SMILES string of the molecule is CCC(=Cc1ccc(OCc2ccccc2)cc1)CN. The molecule has 0 aliphatic rings. The van der Waals surface area contributed by atoms with Gasteiger partial charge in [0.15, 0.2) is 0 Å². The number of hydrogen-bond acceptors (Lipinski definition) is 2. The fourth-order valence-corrected chi connectivity index (χ4v) is 1.94. The Morgan fingerprint density at radius 1 is 1.05 bits per heavy atom. The summed E-state index contributed by atoms with van der Waals surface area (Å²) in [6.45, 7) is 3.33. The van der Waals surface area contributed by atoms with Crippen LogP contribution in [0, 0.1) is 0 Å². The van der Waals surface area contributed by atoms with Gasteiger partial charge in [-0.1, -0.05) is 61.0 Å². The van der Waals surface area contributed by atoms with Crippen molar-refractivity contribution in [1.29, 1.82) is 0 Å². The average Bonchev–Trinajstić information content (AvgIpc) is 2.53. The van der Waals surface area contributed by atoms with Gasteiger partial charge in [-0.25, -0.2) is 0 Å². The Balaban J connectivity index is 1.96. The maximum Gasteiger partial charge on any atom is 0.119 e. The zero-order chi connectivity index (χ0) is 14.2. The molecule has 0 saturated heterocycles. The zero-order valence-corrected chi connectivity index (χ0v) is 11.9. The predicted octanol–water partition coefficient (Wildman–Crippen LogP) is 4.02. The number of ether oxygens (including phenoxy) is 1. The molecule has 0 amide bonds. The van der Waals surface area contributed by atoms with E-state index in [1.165, 1.54) is 16.7 Å². The third-order valence-corrected chi connectivity index (χ3v) is 3.22. The van der Waals surface area contributed by atoms with Crippen LogP contribution >= 0.6 is 0 Å². The van der Waals surface area contributed by atoms with Gasteiger partial charge in [-0.3, -0.25) is 0 Å². The van der Waals surface area contributed by atoms with Crippen molar-refractivity contribution in [3.8, 4) is 5.75 Å². The van der Waals surface area contributed by atoms with Crippen molar-refractivity contribution < 1.29 is 4.74 Å². The molecule has 0 aliphatic heterocycles. The van der Waals surface area contributed by atoms with E-state index in [2.05, 4.69) is 37.3 Å². The summed E-state index contributed by atoms with van der Waals surface area (Å²) < 4.78 is 5.76. The first-order chi connectivity index (χ1) is 9.81. The monoisotopic (exact) mass is 267 g/mol. The van der Waals surface area contributed by atoms with E-state index in [-0.39, 0.29) is 0 Å². The fourth-order valence-electron chi connectivity index (χ4n) is 1.94. The molecule has 2 nitrogen and oxygen atoms in total. The van der Waals surface area contributed by atoms with Crippen molar-refractivity contribution in [3.63, 3.8) is 0 Å². The van der Waals surface area contributed by atoms with Crippen molar-refractivity contribution in [3.05, 3.63) is 71.3 Å². The number of rotatable bonds is 6. The van der Waals surface area contributed by atoms with E-state index in [9.17, 15) is 0 Å². The predicted molar refractivity (Wildman–Crippen MR) is 84.5 cm³/mol. The van der Waals surface area contributed by atoms with Gasteiger partial charge in [0, 0.05) is 6.54 Å². The van der Waals surface area contributed by atoms with Gasteiger partial charge in [0.25, 0.3) is 0 Å². The number of benzene rings is 2. The average molecular weight is 267 g/mol. The zero-order valence-electron chi connectivity index (χ0n) is 11.9. The van der Waals surface area contributed by atoms with E-state index < -0.39 is 0 Å². The molecule has 0 fully saturated rings. The smallest absolute Gasteiger partial charge is 0.119 e. The Kier molecular flexibility index (Phi) is 5.39. The molecule has 0 atom stereocenters. The molecule has 0 aromatic heterocycles. The van der Waals surface area contributed by atoms with Crippen LogP contribution in [-0.2, 0) is 6.61 Å². The lowest BCUT2D eigenvalue weighted by molar-refractivity contribution is 0.306. The van der Waals surface area contributed by atoms with E-state index in [4.69, 9.17) is 10.5 Å². The summed E-state index contributed by atoms with van der Waals surface area (Å²) in [5, 5.41) is 0. The van der Waals surface area contributed by atoms with Crippen molar-refractivity contribution in [2.24, 2.45) is 5.73 Å². The number of hydrogen-bond donors (Lipinski definition) is 1. The van der Waals surface area contributed by atoms with Crippen molar-refractivity contribution >= 4 is 6.08 Å². The van der Waals surface area contributed by atoms with Crippen molar-refractivity contribution in [2.75, 3.05) is 6.54 Å². The van der Waals surface area contributed by atoms with Crippen LogP contribution in [0.1, 0.15) is 24.5 Å². The Morgan fingerprint density at radius 3 is 2.35 bits per heavy atom. The third-order valence-electron chi connectivity index (χ3n) is 3.22.